The summed E-state index contributed by atoms with van der Waals surface area (Å²) < 4.78 is 11.3. The lowest BCUT2D eigenvalue weighted by molar-refractivity contribution is -0.149. The Morgan fingerprint density at radius 2 is 1.76 bits per heavy atom. The van der Waals surface area contributed by atoms with Gasteiger partial charge in [-0.2, -0.15) is 0 Å². The topological polar surface area (TPSA) is 88.1 Å². The first-order chi connectivity index (χ1) is 20.0. The zero-order valence-electron chi connectivity index (χ0n) is 23.7. The molecule has 0 fully saturated rings. The number of fused-ring (bicyclic) bond motifs is 1. The number of hydrogen-bond acceptors (Lipinski definition) is 5. The van der Waals surface area contributed by atoms with Gasteiger partial charge in [-0.15, -0.1) is 11.8 Å². The first-order valence-corrected chi connectivity index (χ1v) is 15.4. The van der Waals surface area contributed by atoms with Crippen molar-refractivity contribution in [2.24, 2.45) is 0 Å². The number of urea groups is 1. The van der Waals surface area contributed by atoms with Crippen molar-refractivity contribution in [3.05, 3.63) is 89.5 Å². The van der Waals surface area contributed by atoms with Crippen LogP contribution in [0.2, 0.25) is 0 Å². The molecule has 1 unspecified atom stereocenters. The van der Waals surface area contributed by atoms with Gasteiger partial charge in [0.2, 0.25) is 0 Å². The average Bonchev–Trinajstić information content (AvgIpc) is 3.45. The molecule has 3 aromatic rings. The van der Waals surface area contributed by atoms with E-state index >= 15 is 0 Å². The highest BCUT2D eigenvalue weighted by atomic mass is 32.2. The minimum Gasteiger partial charge on any atom is -0.492 e. The molecule has 0 aromatic heterocycles. The zero-order chi connectivity index (χ0) is 28.9. The van der Waals surface area contributed by atoms with E-state index in [-0.39, 0.29) is 6.03 Å². The Labute approximate surface area is 247 Å². The summed E-state index contributed by atoms with van der Waals surface area (Å²) in [6.07, 6.45) is 4.68. The third-order valence-electron chi connectivity index (χ3n) is 7.09. The SMILES string of the molecule is CCOC(Cc1ccc(OCCN(CCCCSc2ccccc2)C(=O)Nc2ccc3c(c2)CCC3)cc1)C(=O)O. The molecule has 41 heavy (non-hydrogen) atoms. The molecule has 0 saturated carbocycles. The number of carbonyl (C=O) groups excluding carboxylic acids is 1. The second-order valence-corrected chi connectivity index (χ2v) is 11.3. The summed E-state index contributed by atoms with van der Waals surface area (Å²) in [5.74, 6) is 0.707. The molecule has 0 bridgehead atoms. The van der Waals surface area contributed by atoms with Gasteiger partial charge in [0.25, 0.3) is 0 Å². The summed E-state index contributed by atoms with van der Waals surface area (Å²) in [5.41, 5.74) is 4.41. The molecule has 2 N–H and O–H groups in total. The summed E-state index contributed by atoms with van der Waals surface area (Å²) in [5, 5.41) is 12.4. The molecule has 0 heterocycles. The monoisotopic (exact) mass is 576 g/mol. The Hall–Kier alpha value is -3.49. The van der Waals surface area contributed by atoms with Crippen molar-refractivity contribution in [3.8, 4) is 5.75 Å². The minimum atomic E-state index is -0.968. The first kappa shape index (κ1) is 30.5. The normalized spacial score (nSPS) is 12.9. The molecule has 0 spiro atoms. The molecule has 1 aliphatic carbocycles. The average molecular weight is 577 g/mol. The lowest BCUT2D eigenvalue weighted by atomic mass is 10.1. The summed E-state index contributed by atoms with van der Waals surface area (Å²) in [6.45, 7) is 3.58. The molecule has 2 amide bonds. The maximum absolute atomic E-state index is 13.3. The lowest BCUT2D eigenvalue weighted by Gasteiger charge is -2.23. The predicted octanol–water partition coefficient (Wildman–Crippen LogP) is 6.69. The number of benzene rings is 3. The number of aryl methyl sites for hydroxylation is 2. The molecule has 8 heteroatoms. The first-order valence-electron chi connectivity index (χ1n) is 14.4. The number of anilines is 1. The molecule has 0 aliphatic heterocycles. The predicted molar refractivity (Wildman–Crippen MR) is 164 cm³/mol. The number of carboxylic acid groups (broad SMARTS) is 1. The number of ether oxygens (including phenoxy) is 2. The number of nitrogens with zero attached hydrogens (tertiary/aromatic N) is 1. The van der Waals surface area contributed by atoms with E-state index in [4.69, 9.17) is 9.47 Å². The van der Waals surface area contributed by atoms with E-state index in [0.717, 1.165) is 42.7 Å². The maximum atomic E-state index is 13.3. The van der Waals surface area contributed by atoms with Crippen molar-refractivity contribution < 1.29 is 24.2 Å². The van der Waals surface area contributed by atoms with Crippen LogP contribution in [-0.4, -0.2) is 60.2 Å². The number of carbonyl (C=O) groups is 2. The van der Waals surface area contributed by atoms with Crippen LogP contribution in [0, 0.1) is 0 Å². The Balaban J connectivity index is 1.29. The van der Waals surface area contributed by atoms with Crippen molar-refractivity contribution in [1.82, 2.24) is 4.90 Å². The molecule has 1 atom stereocenters. The third kappa shape index (κ3) is 9.83. The van der Waals surface area contributed by atoms with Crippen molar-refractivity contribution in [2.75, 3.05) is 37.4 Å². The van der Waals surface area contributed by atoms with Crippen LogP contribution in [0.25, 0.3) is 0 Å². The van der Waals surface area contributed by atoms with Crippen LogP contribution in [0.1, 0.15) is 42.9 Å². The van der Waals surface area contributed by atoms with Crippen molar-refractivity contribution in [1.29, 1.82) is 0 Å². The fourth-order valence-corrected chi connectivity index (χ4v) is 5.84. The summed E-state index contributed by atoms with van der Waals surface area (Å²) in [4.78, 5) is 27.8. The number of nitrogens with one attached hydrogen (secondary N) is 1. The number of amides is 2. The molecule has 4 rings (SSSR count). The van der Waals surface area contributed by atoms with E-state index in [1.807, 2.05) is 53.1 Å². The van der Waals surface area contributed by atoms with Crippen molar-refractivity contribution in [2.45, 2.75) is 56.4 Å². The number of aliphatic carboxylic acids is 1. The highest BCUT2D eigenvalue weighted by Gasteiger charge is 2.18. The quantitative estimate of drug-likeness (QED) is 0.146. The molecule has 218 valence electrons. The molecule has 7 nitrogen and oxygen atoms in total. The van der Waals surface area contributed by atoms with Gasteiger partial charge in [-0.05, 0) is 97.9 Å². The number of thioether (sulfide) groups is 1. The fourth-order valence-electron chi connectivity index (χ4n) is 4.91. The van der Waals surface area contributed by atoms with Crippen molar-refractivity contribution in [3.63, 3.8) is 0 Å². The molecular formula is C33H40N2O5S. The van der Waals surface area contributed by atoms with E-state index in [1.165, 1.54) is 22.4 Å². The van der Waals surface area contributed by atoms with Gasteiger partial charge in [0.05, 0.1) is 6.54 Å². The molecule has 0 radical (unpaired) electrons. The smallest absolute Gasteiger partial charge is 0.333 e. The maximum Gasteiger partial charge on any atom is 0.333 e. The zero-order valence-corrected chi connectivity index (χ0v) is 24.5. The Morgan fingerprint density at radius 1 is 0.976 bits per heavy atom. The van der Waals surface area contributed by atoms with E-state index in [1.54, 1.807) is 6.92 Å². The van der Waals surface area contributed by atoms with Crippen LogP contribution < -0.4 is 10.1 Å². The second-order valence-electron chi connectivity index (χ2n) is 10.1. The highest BCUT2D eigenvalue weighted by molar-refractivity contribution is 7.99. The van der Waals surface area contributed by atoms with Gasteiger partial charge in [-0.1, -0.05) is 36.4 Å². The standard InChI is InChI=1S/C33H40N2O5S/c1-2-39-31(32(36)37)23-25-13-17-29(18-14-25)40-21-20-35(19-6-7-22-41-30-11-4-3-5-12-30)33(38)34-28-16-15-26-9-8-10-27(26)24-28/h3-5,11-18,24,31H,2,6-10,19-23H2,1H3,(H,34,38)(H,36,37). The van der Waals surface area contributed by atoms with Crippen LogP contribution in [0.5, 0.6) is 5.75 Å². The van der Waals surface area contributed by atoms with Gasteiger partial charge in [-0.3, -0.25) is 0 Å². The van der Waals surface area contributed by atoms with Gasteiger partial charge >= 0.3 is 12.0 Å². The van der Waals surface area contributed by atoms with Crippen molar-refractivity contribution >= 4 is 29.4 Å². The number of rotatable bonds is 16. The third-order valence-corrected chi connectivity index (χ3v) is 8.19. The summed E-state index contributed by atoms with van der Waals surface area (Å²) in [7, 11) is 0. The van der Waals surface area contributed by atoms with E-state index < -0.39 is 12.1 Å². The molecular weight excluding hydrogens is 536 g/mol. The van der Waals surface area contributed by atoms with E-state index in [2.05, 4.69) is 41.7 Å². The van der Waals surface area contributed by atoms with Crippen LogP contribution in [0.3, 0.4) is 0 Å². The van der Waals surface area contributed by atoms with Crippen LogP contribution in [-0.2, 0) is 28.8 Å². The van der Waals surface area contributed by atoms with Gasteiger partial charge < -0.3 is 24.8 Å². The highest BCUT2D eigenvalue weighted by Crippen LogP contribution is 2.25. The van der Waals surface area contributed by atoms with Crippen LogP contribution in [0.15, 0.2) is 77.7 Å². The largest absolute Gasteiger partial charge is 0.492 e. The van der Waals surface area contributed by atoms with Gasteiger partial charge in [0.15, 0.2) is 6.10 Å². The Bertz CT molecular complexity index is 1250. The fraction of sp³-hybridized carbons (Fsp3) is 0.394. The van der Waals surface area contributed by atoms with E-state index in [9.17, 15) is 14.7 Å². The van der Waals surface area contributed by atoms with Gasteiger partial charge in [0, 0.05) is 30.2 Å². The number of unbranched alkanes of at least 4 members (excludes halogenated alkanes) is 1. The molecule has 3 aromatic carbocycles. The van der Waals surface area contributed by atoms with Crippen LogP contribution >= 0.6 is 11.8 Å². The summed E-state index contributed by atoms with van der Waals surface area (Å²) in [6, 6.07) is 23.8. The van der Waals surface area contributed by atoms with E-state index in [0.29, 0.717) is 38.5 Å². The van der Waals surface area contributed by atoms with Crippen LogP contribution in [0.4, 0.5) is 10.5 Å². The minimum absolute atomic E-state index is 0.117. The molecule has 1 aliphatic rings. The summed E-state index contributed by atoms with van der Waals surface area (Å²) >= 11 is 1.83. The molecule has 0 saturated heterocycles. The lowest BCUT2D eigenvalue weighted by Crippen LogP contribution is -2.38. The van der Waals surface area contributed by atoms with Gasteiger partial charge in [0.1, 0.15) is 12.4 Å². The number of hydrogen-bond donors (Lipinski definition) is 2. The van der Waals surface area contributed by atoms with Gasteiger partial charge in [-0.25, -0.2) is 9.59 Å². The Morgan fingerprint density at radius 3 is 2.51 bits per heavy atom. The number of carboxylic acids is 1. The second kappa shape index (κ2) is 16.1. The Kier molecular flexibility index (Phi) is 11.9.